The summed E-state index contributed by atoms with van der Waals surface area (Å²) in [6.07, 6.45) is 4.11. The minimum absolute atomic E-state index is 0.216. The van der Waals surface area contributed by atoms with Crippen molar-refractivity contribution in [2.75, 3.05) is 27.2 Å². The Hall–Kier alpha value is -2.11. The zero-order valence-corrected chi connectivity index (χ0v) is 15.9. The maximum atomic E-state index is 12.7. The van der Waals surface area contributed by atoms with Gasteiger partial charge in [-0.25, -0.2) is 4.99 Å². The Bertz CT molecular complexity index is 606. The number of nitrogens with zero attached hydrogens (tertiary/aromatic N) is 3. The molecular weight excluding hydrogens is 314 g/mol. The maximum absolute atomic E-state index is 12.7. The Morgan fingerprint density at radius 1 is 1.28 bits per heavy atom. The molecule has 0 aromatic carbocycles. The van der Waals surface area contributed by atoms with E-state index in [2.05, 4.69) is 20.6 Å². The lowest BCUT2D eigenvalue weighted by Crippen LogP contribution is -2.49. The molecule has 25 heavy (non-hydrogen) atoms. The van der Waals surface area contributed by atoms with Crippen LogP contribution in [0.5, 0.6) is 0 Å². The van der Waals surface area contributed by atoms with E-state index in [1.54, 1.807) is 4.90 Å². The molecule has 1 saturated carbocycles. The molecule has 1 heterocycles. The van der Waals surface area contributed by atoms with Crippen molar-refractivity contribution in [3.8, 4) is 0 Å². The summed E-state index contributed by atoms with van der Waals surface area (Å²) in [5, 5.41) is 6.65. The minimum Gasteiger partial charge on any atom is -0.357 e. The van der Waals surface area contributed by atoms with Gasteiger partial charge in [0.1, 0.15) is 0 Å². The molecule has 6 nitrogen and oxygen atoms in total. The lowest BCUT2D eigenvalue weighted by molar-refractivity contribution is -0.138. The molecule has 1 aliphatic rings. The average Bonchev–Trinajstić information content (AvgIpc) is 3.06. The van der Waals surface area contributed by atoms with Gasteiger partial charge in [0.2, 0.25) is 5.91 Å². The van der Waals surface area contributed by atoms with Gasteiger partial charge in [-0.2, -0.15) is 0 Å². The highest BCUT2D eigenvalue weighted by Gasteiger charge is 2.42. The van der Waals surface area contributed by atoms with E-state index in [1.165, 1.54) is 0 Å². The highest BCUT2D eigenvalue weighted by atomic mass is 16.2. The third kappa shape index (κ3) is 5.18. The zero-order valence-electron chi connectivity index (χ0n) is 15.9. The first kappa shape index (κ1) is 19.2. The standard InChI is InChI=1S/C19H31N5O/c1-5-20-18(21-13-16-10-8-9-15(2)23-16)22-14-19(11-6-7-12-19)17(25)24(3)4/h8-10H,5-7,11-14H2,1-4H3,(H2,20,21,22). The monoisotopic (exact) mass is 345 g/mol. The maximum Gasteiger partial charge on any atom is 0.230 e. The van der Waals surface area contributed by atoms with Gasteiger partial charge >= 0.3 is 0 Å². The van der Waals surface area contributed by atoms with E-state index in [1.807, 2.05) is 46.1 Å². The number of amides is 1. The predicted octanol–water partition coefficient (Wildman–Crippen LogP) is 2.09. The lowest BCUT2D eigenvalue weighted by Gasteiger charge is -2.31. The molecule has 0 aliphatic heterocycles. The largest absolute Gasteiger partial charge is 0.357 e. The van der Waals surface area contributed by atoms with Crippen molar-refractivity contribution < 1.29 is 4.79 Å². The number of guanidine groups is 1. The van der Waals surface area contributed by atoms with Crippen LogP contribution < -0.4 is 10.6 Å². The Balaban J connectivity index is 2.04. The quantitative estimate of drug-likeness (QED) is 0.612. The van der Waals surface area contributed by atoms with Gasteiger partial charge in [-0.05, 0) is 38.8 Å². The van der Waals surface area contributed by atoms with Gasteiger partial charge in [0, 0.05) is 32.9 Å². The summed E-state index contributed by atoms with van der Waals surface area (Å²) in [6.45, 7) is 5.94. The number of aromatic nitrogens is 1. The third-order valence-corrected chi connectivity index (χ3v) is 4.70. The predicted molar refractivity (Wildman–Crippen MR) is 101 cm³/mol. The van der Waals surface area contributed by atoms with E-state index in [9.17, 15) is 4.79 Å². The lowest BCUT2D eigenvalue weighted by atomic mass is 9.84. The molecule has 0 spiro atoms. The van der Waals surface area contributed by atoms with Gasteiger partial charge < -0.3 is 15.5 Å². The van der Waals surface area contributed by atoms with E-state index in [-0.39, 0.29) is 11.3 Å². The Labute approximate surface area is 151 Å². The zero-order chi connectivity index (χ0) is 18.3. The highest BCUT2D eigenvalue weighted by Crippen LogP contribution is 2.38. The molecule has 2 N–H and O–H groups in total. The van der Waals surface area contributed by atoms with Gasteiger partial charge in [0.25, 0.3) is 0 Å². The van der Waals surface area contributed by atoms with Crippen molar-refractivity contribution in [2.45, 2.75) is 46.1 Å². The van der Waals surface area contributed by atoms with Gasteiger partial charge in [-0.1, -0.05) is 18.9 Å². The first-order chi connectivity index (χ1) is 12.0. The Kier molecular flexibility index (Phi) is 6.79. The number of carbonyl (C=O) groups excluding carboxylic acids is 1. The van der Waals surface area contributed by atoms with Crippen LogP contribution in [0.3, 0.4) is 0 Å². The molecular formula is C19H31N5O. The average molecular weight is 345 g/mol. The number of pyridine rings is 1. The first-order valence-corrected chi connectivity index (χ1v) is 9.13. The van der Waals surface area contributed by atoms with Crippen LogP contribution in [0.25, 0.3) is 0 Å². The summed E-state index contributed by atoms with van der Waals surface area (Å²) in [4.78, 5) is 23.5. The second-order valence-electron chi connectivity index (χ2n) is 7.01. The van der Waals surface area contributed by atoms with Crippen LogP contribution in [-0.4, -0.2) is 48.9 Å². The van der Waals surface area contributed by atoms with Crippen molar-refractivity contribution in [1.29, 1.82) is 0 Å². The van der Waals surface area contributed by atoms with Crippen molar-refractivity contribution in [2.24, 2.45) is 10.4 Å². The topological polar surface area (TPSA) is 69.6 Å². The number of nitrogens with one attached hydrogen (secondary N) is 2. The molecule has 1 fully saturated rings. The smallest absolute Gasteiger partial charge is 0.230 e. The van der Waals surface area contributed by atoms with Gasteiger partial charge in [-0.3, -0.25) is 9.78 Å². The molecule has 0 saturated heterocycles. The van der Waals surface area contributed by atoms with E-state index >= 15 is 0 Å². The summed E-state index contributed by atoms with van der Waals surface area (Å²) >= 11 is 0. The van der Waals surface area contributed by atoms with E-state index in [0.29, 0.717) is 13.1 Å². The molecule has 0 unspecified atom stereocenters. The fourth-order valence-corrected chi connectivity index (χ4v) is 3.43. The molecule has 138 valence electrons. The normalized spacial score (nSPS) is 16.6. The third-order valence-electron chi connectivity index (χ3n) is 4.70. The molecule has 1 aromatic rings. The highest BCUT2D eigenvalue weighted by molar-refractivity contribution is 5.85. The molecule has 0 atom stereocenters. The van der Waals surface area contributed by atoms with E-state index < -0.39 is 0 Å². The SMILES string of the molecule is CCNC(=NCc1cccc(C)n1)NCC1(C(=O)N(C)C)CCCC1. The minimum atomic E-state index is -0.304. The molecule has 1 amide bonds. The number of hydrogen-bond donors (Lipinski definition) is 2. The Morgan fingerprint density at radius 2 is 2.00 bits per heavy atom. The van der Waals surface area contributed by atoms with Crippen LogP contribution in [0.15, 0.2) is 23.2 Å². The summed E-state index contributed by atoms with van der Waals surface area (Å²) < 4.78 is 0. The van der Waals surface area contributed by atoms with Gasteiger partial charge in [0.05, 0.1) is 17.7 Å². The second kappa shape index (κ2) is 8.83. The van der Waals surface area contributed by atoms with E-state index in [0.717, 1.165) is 49.6 Å². The molecule has 2 rings (SSSR count). The van der Waals surface area contributed by atoms with Crippen LogP contribution in [0.2, 0.25) is 0 Å². The second-order valence-corrected chi connectivity index (χ2v) is 7.01. The van der Waals surface area contributed by atoms with Crippen molar-refractivity contribution in [3.05, 3.63) is 29.6 Å². The number of rotatable bonds is 6. The summed E-state index contributed by atoms with van der Waals surface area (Å²) in [5.41, 5.74) is 1.63. The fraction of sp³-hybridized carbons (Fsp3) is 0.632. The summed E-state index contributed by atoms with van der Waals surface area (Å²) in [5.74, 6) is 0.956. The molecule has 6 heteroatoms. The molecule has 1 aromatic heterocycles. The van der Waals surface area contributed by atoms with Crippen molar-refractivity contribution >= 4 is 11.9 Å². The molecule has 0 radical (unpaired) electrons. The van der Waals surface area contributed by atoms with Crippen molar-refractivity contribution in [3.63, 3.8) is 0 Å². The first-order valence-electron chi connectivity index (χ1n) is 9.13. The number of hydrogen-bond acceptors (Lipinski definition) is 3. The molecule has 0 bridgehead atoms. The van der Waals surface area contributed by atoms with Crippen LogP contribution in [0.4, 0.5) is 0 Å². The van der Waals surface area contributed by atoms with Gasteiger partial charge in [-0.15, -0.1) is 0 Å². The van der Waals surface area contributed by atoms with Crippen molar-refractivity contribution in [1.82, 2.24) is 20.5 Å². The van der Waals surface area contributed by atoms with Gasteiger partial charge in [0.15, 0.2) is 5.96 Å². The number of aliphatic imine (C=N–C) groups is 1. The fourth-order valence-electron chi connectivity index (χ4n) is 3.43. The summed E-state index contributed by atoms with van der Waals surface area (Å²) in [6, 6.07) is 5.96. The molecule has 1 aliphatic carbocycles. The number of aryl methyl sites for hydroxylation is 1. The summed E-state index contributed by atoms with van der Waals surface area (Å²) in [7, 11) is 3.68. The van der Waals surface area contributed by atoms with E-state index in [4.69, 9.17) is 0 Å². The van der Waals surface area contributed by atoms with Crippen LogP contribution >= 0.6 is 0 Å². The van der Waals surface area contributed by atoms with Crippen LogP contribution in [-0.2, 0) is 11.3 Å². The number of carbonyl (C=O) groups is 1. The van der Waals surface area contributed by atoms with Crippen LogP contribution in [0.1, 0.15) is 44.0 Å². The van der Waals surface area contributed by atoms with Crippen LogP contribution in [0, 0.1) is 12.3 Å². The Morgan fingerprint density at radius 3 is 2.60 bits per heavy atom.